The van der Waals surface area contributed by atoms with Crippen molar-refractivity contribution in [3.05, 3.63) is 45.6 Å². The molecule has 0 aliphatic carbocycles. The number of halogens is 2. The molecule has 2 amide bonds. The first-order chi connectivity index (χ1) is 11.8. The number of nitrogens with one attached hydrogen (secondary N) is 3. The molecule has 0 radical (unpaired) electrons. The van der Waals surface area contributed by atoms with E-state index in [-0.39, 0.29) is 0 Å². The highest BCUT2D eigenvalue weighted by molar-refractivity contribution is 6.35. The first kappa shape index (κ1) is 17.3. The fourth-order valence-electron chi connectivity index (χ4n) is 2.62. The number of aromatic nitrogens is 3. The lowest BCUT2D eigenvalue weighted by atomic mass is 10.2. The molecule has 0 aliphatic heterocycles. The van der Waals surface area contributed by atoms with Crippen LogP contribution in [0.5, 0.6) is 0 Å². The molecule has 130 valence electrons. The average Bonchev–Trinajstić information content (AvgIpc) is 2.79. The molecule has 2 aromatic heterocycles. The molecule has 0 unspecified atom stereocenters. The topological polar surface area (TPSA) is 83.9 Å². The Hall–Kier alpha value is -2.51. The summed E-state index contributed by atoms with van der Waals surface area (Å²) in [5.74, 6) is 0.514. The lowest BCUT2D eigenvalue weighted by Gasteiger charge is -2.11. The summed E-state index contributed by atoms with van der Waals surface area (Å²) in [6.45, 7) is 3.85. The highest BCUT2D eigenvalue weighted by Gasteiger charge is 2.11. The minimum atomic E-state index is -0.471. The number of nitrogens with zero attached hydrogens (tertiary/aromatic N) is 3. The van der Waals surface area contributed by atoms with Gasteiger partial charge in [0.2, 0.25) is 0 Å². The third kappa shape index (κ3) is 3.78. The molecule has 1 aromatic carbocycles. The number of pyridine rings is 1. The molecule has 0 aliphatic rings. The zero-order valence-electron chi connectivity index (χ0n) is 13.8. The van der Waals surface area contributed by atoms with Gasteiger partial charge in [0, 0.05) is 22.8 Å². The highest BCUT2D eigenvalue weighted by Crippen LogP contribution is 2.23. The van der Waals surface area contributed by atoms with Crippen LogP contribution in [0.15, 0.2) is 24.3 Å². The van der Waals surface area contributed by atoms with E-state index in [1.807, 2.05) is 27.0 Å². The number of hydrogen-bond acceptors (Lipinski definition) is 4. The van der Waals surface area contributed by atoms with Crippen LogP contribution >= 0.6 is 23.2 Å². The van der Waals surface area contributed by atoms with Gasteiger partial charge in [-0.05, 0) is 43.7 Å². The minimum absolute atomic E-state index is 0.436. The van der Waals surface area contributed by atoms with Crippen molar-refractivity contribution >= 4 is 51.8 Å². The first-order valence-electron chi connectivity index (χ1n) is 7.43. The van der Waals surface area contributed by atoms with Crippen LogP contribution in [0.1, 0.15) is 11.3 Å². The highest BCUT2D eigenvalue weighted by atomic mass is 35.5. The summed E-state index contributed by atoms with van der Waals surface area (Å²) < 4.78 is 1.79. The Labute approximate surface area is 154 Å². The van der Waals surface area contributed by atoms with Gasteiger partial charge in [-0.2, -0.15) is 5.10 Å². The number of fused-ring (bicyclic) bond motifs is 1. The maximum atomic E-state index is 12.0. The van der Waals surface area contributed by atoms with E-state index < -0.39 is 6.03 Å². The summed E-state index contributed by atoms with van der Waals surface area (Å²) in [5, 5.41) is 7.87. The summed E-state index contributed by atoms with van der Waals surface area (Å²) in [7, 11) is 1.87. The fourth-order valence-corrected chi connectivity index (χ4v) is 3.15. The lowest BCUT2D eigenvalue weighted by Crippen LogP contribution is -2.33. The van der Waals surface area contributed by atoms with E-state index in [1.54, 1.807) is 22.9 Å². The van der Waals surface area contributed by atoms with Crippen molar-refractivity contribution in [1.82, 2.24) is 20.2 Å². The van der Waals surface area contributed by atoms with Crippen molar-refractivity contribution in [3.63, 3.8) is 0 Å². The molecule has 3 N–H and O–H groups in total. The SMILES string of the molecule is Cc1nn(C)c2c(C)cc(NNC(=O)Nc3cc(Cl)cc(Cl)c3)nc12. The van der Waals surface area contributed by atoms with Crippen LogP contribution in [-0.2, 0) is 7.05 Å². The molecule has 0 saturated carbocycles. The number of carbonyl (C=O) groups is 1. The second-order valence-electron chi connectivity index (χ2n) is 5.59. The number of anilines is 2. The van der Waals surface area contributed by atoms with Crippen LogP contribution in [0, 0.1) is 13.8 Å². The number of amides is 2. The van der Waals surface area contributed by atoms with Crippen molar-refractivity contribution in [2.45, 2.75) is 13.8 Å². The third-order valence-corrected chi connectivity index (χ3v) is 4.01. The van der Waals surface area contributed by atoms with E-state index in [4.69, 9.17) is 23.2 Å². The molecule has 0 atom stereocenters. The Kier molecular flexibility index (Phi) is 4.69. The largest absolute Gasteiger partial charge is 0.337 e. The van der Waals surface area contributed by atoms with Gasteiger partial charge in [0.1, 0.15) is 11.3 Å². The van der Waals surface area contributed by atoms with E-state index in [9.17, 15) is 4.79 Å². The monoisotopic (exact) mass is 378 g/mol. The molecular weight excluding hydrogens is 363 g/mol. The van der Waals surface area contributed by atoms with Crippen molar-refractivity contribution in [2.24, 2.45) is 7.05 Å². The molecule has 25 heavy (non-hydrogen) atoms. The molecule has 3 aromatic rings. The zero-order chi connectivity index (χ0) is 18.1. The van der Waals surface area contributed by atoms with Crippen molar-refractivity contribution in [1.29, 1.82) is 0 Å². The smallest absolute Gasteiger partial charge is 0.306 e. The first-order valence-corrected chi connectivity index (χ1v) is 8.19. The van der Waals surface area contributed by atoms with Gasteiger partial charge in [0.05, 0.1) is 11.2 Å². The molecule has 3 rings (SSSR count). The zero-order valence-corrected chi connectivity index (χ0v) is 15.3. The number of aryl methyl sites for hydroxylation is 3. The molecule has 7 nitrogen and oxygen atoms in total. The van der Waals surface area contributed by atoms with Crippen molar-refractivity contribution in [2.75, 3.05) is 10.7 Å². The Balaban J connectivity index is 1.72. The van der Waals surface area contributed by atoms with Crippen molar-refractivity contribution in [3.8, 4) is 0 Å². The van der Waals surface area contributed by atoms with Gasteiger partial charge in [0.15, 0.2) is 0 Å². The van der Waals surface area contributed by atoms with Crippen LogP contribution in [0.4, 0.5) is 16.3 Å². The van der Waals surface area contributed by atoms with Gasteiger partial charge in [-0.15, -0.1) is 0 Å². The van der Waals surface area contributed by atoms with E-state index in [2.05, 4.69) is 26.3 Å². The van der Waals surface area contributed by atoms with Gasteiger partial charge in [-0.3, -0.25) is 15.5 Å². The second-order valence-corrected chi connectivity index (χ2v) is 6.47. The predicted molar refractivity (Wildman–Crippen MR) is 100 cm³/mol. The van der Waals surface area contributed by atoms with Crippen molar-refractivity contribution < 1.29 is 4.79 Å². The van der Waals surface area contributed by atoms with Crippen LogP contribution in [0.25, 0.3) is 11.0 Å². The van der Waals surface area contributed by atoms with E-state index in [1.165, 1.54) is 0 Å². The number of benzene rings is 1. The number of hydrazine groups is 1. The Bertz CT molecular complexity index is 949. The van der Waals surface area contributed by atoms with Gasteiger partial charge in [-0.25, -0.2) is 9.78 Å². The number of carbonyl (C=O) groups excluding carboxylic acids is 1. The van der Waals surface area contributed by atoms with Crippen LogP contribution in [-0.4, -0.2) is 20.8 Å². The summed E-state index contributed by atoms with van der Waals surface area (Å²) in [4.78, 5) is 16.5. The summed E-state index contributed by atoms with van der Waals surface area (Å²) in [6, 6.07) is 6.14. The predicted octanol–water partition coefficient (Wildman–Crippen LogP) is 4.04. The van der Waals surface area contributed by atoms with Gasteiger partial charge in [0.25, 0.3) is 0 Å². The Morgan fingerprint density at radius 3 is 2.48 bits per heavy atom. The van der Waals surface area contributed by atoms with E-state index in [0.29, 0.717) is 21.6 Å². The van der Waals surface area contributed by atoms with Crippen LogP contribution in [0.3, 0.4) is 0 Å². The van der Waals surface area contributed by atoms with Crippen LogP contribution < -0.4 is 16.2 Å². The van der Waals surface area contributed by atoms with Gasteiger partial charge in [-0.1, -0.05) is 23.2 Å². The molecule has 0 fully saturated rings. The summed E-state index contributed by atoms with van der Waals surface area (Å²) in [5.41, 5.74) is 9.37. The van der Waals surface area contributed by atoms with E-state index >= 15 is 0 Å². The van der Waals surface area contributed by atoms with Gasteiger partial charge < -0.3 is 5.32 Å². The maximum Gasteiger partial charge on any atom is 0.337 e. The fraction of sp³-hybridized carbons (Fsp3) is 0.188. The summed E-state index contributed by atoms with van der Waals surface area (Å²) >= 11 is 11.8. The number of rotatable bonds is 3. The van der Waals surface area contributed by atoms with E-state index in [0.717, 1.165) is 22.3 Å². The molecular formula is C16H16Cl2N6O. The molecule has 0 bridgehead atoms. The molecule has 0 spiro atoms. The Morgan fingerprint density at radius 2 is 1.80 bits per heavy atom. The minimum Gasteiger partial charge on any atom is -0.306 e. The lowest BCUT2D eigenvalue weighted by molar-refractivity contribution is 0.254. The second kappa shape index (κ2) is 6.78. The summed E-state index contributed by atoms with van der Waals surface area (Å²) in [6.07, 6.45) is 0. The molecule has 0 saturated heterocycles. The maximum absolute atomic E-state index is 12.0. The number of hydrogen-bond donors (Lipinski definition) is 3. The number of urea groups is 1. The average molecular weight is 379 g/mol. The molecule has 2 heterocycles. The normalized spacial score (nSPS) is 10.8. The van der Waals surface area contributed by atoms with Gasteiger partial charge >= 0.3 is 6.03 Å². The Morgan fingerprint density at radius 1 is 1.12 bits per heavy atom. The van der Waals surface area contributed by atoms with Crippen LogP contribution in [0.2, 0.25) is 10.0 Å². The quantitative estimate of drug-likeness (QED) is 0.600. The third-order valence-electron chi connectivity index (χ3n) is 3.57. The molecule has 9 heteroatoms. The standard InChI is InChI=1S/C16H16Cl2N6O/c1-8-4-13(20-14-9(2)23-24(3)15(8)14)21-22-16(25)19-12-6-10(17)5-11(18)7-12/h4-7H,1-3H3,(H,20,21)(H2,19,22,25).